The number of anilines is 1. The van der Waals surface area contributed by atoms with E-state index in [1.54, 1.807) is 12.4 Å². The summed E-state index contributed by atoms with van der Waals surface area (Å²) in [6, 6.07) is 6.29. The summed E-state index contributed by atoms with van der Waals surface area (Å²) in [5, 5.41) is 3.37. The number of aryl methyl sites for hydroxylation is 1. The molecular formula is C16H21N5O. The van der Waals surface area contributed by atoms with Crippen LogP contribution in [0.25, 0.3) is 0 Å². The molecule has 1 aliphatic heterocycles. The minimum absolute atomic E-state index is 0.400. The van der Waals surface area contributed by atoms with Gasteiger partial charge in [0, 0.05) is 31.4 Å². The Morgan fingerprint density at radius 1 is 1.32 bits per heavy atom. The van der Waals surface area contributed by atoms with Crippen molar-refractivity contribution >= 4 is 5.82 Å². The largest absolute Gasteiger partial charge is 0.470 e. The third-order valence-electron chi connectivity index (χ3n) is 3.71. The molecule has 6 heteroatoms. The van der Waals surface area contributed by atoms with Crippen LogP contribution in [0.4, 0.5) is 5.82 Å². The summed E-state index contributed by atoms with van der Waals surface area (Å²) in [7, 11) is 0. The second-order valence-electron chi connectivity index (χ2n) is 5.52. The fourth-order valence-corrected chi connectivity index (χ4v) is 2.56. The van der Waals surface area contributed by atoms with Crippen molar-refractivity contribution in [3.8, 4) is 5.88 Å². The van der Waals surface area contributed by atoms with Crippen molar-refractivity contribution < 1.29 is 4.74 Å². The molecule has 0 aliphatic carbocycles. The number of nitrogens with zero attached hydrogens (tertiary/aromatic N) is 4. The molecule has 1 saturated heterocycles. The van der Waals surface area contributed by atoms with Crippen LogP contribution in [0.3, 0.4) is 0 Å². The van der Waals surface area contributed by atoms with Gasteiger partial charge in [0.25, 0.3) is 0 Å². The van der Waals surface area contributed by atoms with Crippen LogP contribution in [0, 0.1) is 6.92 Å². The van der Waals surface area contributed by atoms with Crippen LogP contribution >= 0.6 is 0 Å². The molecule has 1 aliphatic rings. The first-order chi connectivity index (χ1) is 10.7. The van der Waals surface area contributed by atoms with Crippen LogP contribution in [0.2, 0.25) is 0 Å². The summed E-state index contributed by atoms with van der Waals surface area (Å²) in [4.78, 5) is 15.5. The Hall–Kier alpha value is -2.21. The third-order valence-corrected chi connectivity index (χ3v) is 3.71. The van der Waals surface area contributed by atoms with E-state index in [0.717, 1.165) is 36.8 Å². The first-order valence-corrected chi connectivity index (χ1v) is 7.57. The van der Waals surface area contributed by atoms with Crippen LogP contribution in [0.5, 0.6) is 5.88 Å². The van der Waals surface area contributed by atoms with Gasteiger partial charge in [-0.1, -0.05) is 6.07 Å². The highest BCUT2D eigenvalue weighted by Gasteiger charge is 2.19. The molecule has 6 nitrogen and oxygen atoms in total. The molecule has 1 N–H and O–H groups in total. The van der Waals surface area contributed by atoms with Crippen molar-refractivity contribution in [2.45, 2.75) is 26.5 Å². The number of pyridine rings is 1. The first kappa shape index (κ1) is 14.7. The fraction of sp³-hybridized carbons (Fsp3) is 0.438. The number of piperazine rings is 1. The molecular weight excluding hydrogens is 278 g/mol. The standard InChI is InChI=1S/C16H21N5O/c1-12-4-3-5-14(19-12)11-22-16-10-18-9-15(20-16)21-7-6-17-8-13(21)2/h3-5,9-10,13,17H,6-8,11H2,1-2H3. The zero-order valence-electron chi connectivity index (χ0n) is 13.0. The molecule has 0 bridgehead atoms. The lowest BCUT2D eigenvalue weighted by Gasteiger charge is -2.34. The van der Waals surface area contributed by atoms with Crippen LogP contribution in [0.15, 0.2) is 30.6 Å². The fourth-order valence-electron chi connectivity index (χ4n) is 2.56. The minimum atomic E-state index is 0.400. The predicted octanol–water partition coefficient (Wildman–Crippen LogP) is 1.56. The van der Waals surface area contributed by atoms with E-state index in [9.17, 15) is 0 Å². The first-order valence-electron chi connectivity index (χ1n) is 7.57. The molecule has 3 rings (SSSR count). The second kappa shape index (κ2) is 6.70. The van der Waals surface area contributed by atoms with E-state index in [-0.39, 0.29) is 0 Å². The van der Waals surface area contributed by atoms with Crippen molar-refractivity contribution in [3.05, 3.63) is 42.0 Å². The van der Waals surface area contributed by atoms with E-state index < -0.39 is 0 Å². The molecule has 1 fully saturated rings. The maximum absolute atomic E-state index is 5.74. The highest BCUT2D eigenvalue weighted by Crippen LogP contribution is 2.18. The van der Waals surface area contributed by atoms with Crippen LogP contribution in [-0.2, 0) is 6.61 Å². The zero-order chi connectivity index (χ0) is 15.4. The summed E-state index contributed by atoms with van der Waals surface area (Å²) in [6.07, 6.45) is 3.44. The van der Waals surface area contributed by atoms with Gasteiger partial charge < -0.3 is 15.0 Å². The van der Waals surface area contributed by atoms with E-state index in [1.165, 1.54) is 0 Å². The highest BCUT2D eigenvalue weighted by molar-refractivity contribution is 5.39. The van der Waals surface area contributed by atoms with Crippen molar-refractivity contribution in [3.63, 3.8) is 0 Å². The van der Waals surface area contributed by atoms with Crippen LogP contribution in [0.1, 0.15) is 18.3 Å². The van der Waals surface area contributed by atoms with E-state index in [0.29, 0.717) is 18.5 Å². The van der Waals surface area contributed by atoms with Gasteiger partial charge in [-0.3, -0.25) is 9.97 Å². The molecule has 0 radical (unpaired) electrons. The Labute approximate surface area is 130 Å². The SMILES string of the molecule is Cc1cccc(COc2cncc(N3CCNCC3C)n2)n1. The van der Waals surface area contributed by atoms with Gasteiger partial charge in [-0.2, -0.15) is 4.98 Å². The van der Waals surface area contributed by atoms with E-state index in [4.69, 9.17) is 4.74 Å². The summed E-state index contributed by atoms with van der Waals surface area (Å²) in [5.74, 6) is 1.40. The monoisotopic (exact) mass is 299 g/mol. The van der Waals surface area contributed by atoms with Crippen molar-refractivity contribution in [2.24, 2.45) is 0 Å². The normalized spacial score (nSPS) is 18.3. The van der Waals surface area contributed by atoms with Crippen molar-refractivity contribution in [1.82, 2.24) is 20.3 Å². The van der Waals surface area contributed by atoms with Gasteiger partial charge >= 0.3 is 0 Å². The average Bonchev–Trinajstić information content (AvgIpc) is 2.54. The molecule has 0 aromatic carbocycles. The topological polar surface area (TPSA) is 63.2 Å². The lowest BCUT2D eigenvalue weighted by atomic mass is 10.2. The second-order valence-corrected chi connectivity index (χ2v) is 5.52. The van der Waals surface area contributed by atoms with Gasteiger partial charge in [0.05, 0.1) is 18.1 Å². The Bertz CT molecular complexity index is 633. The van der Waals surface area contributed by atoms with Gasteiger partial charge in [0.2, 0.25) is 5.88 Å². The van der Waals surface area contributed by atoms with Gasteiger partial charge in [-0.05, 0) is 26.0 Å². The number of aromatic nitrogens is 3. The van der Waals surface area contributed by atoms with Crippen LogP contribution < -0.4 is 15.0 Å². The number of rotatable bonds is 4. The van der Waals surface area contributed by atoms with Gasteiger partial charge in [-0.15, -0.1) is 0 Å². The molecule has 0 amide bonds. The van der Waals surface area contributed by atoms with Gasteiger partial charge in [0.1, 0.15) is 6.61 Å². The summed E-state index contributed by atoms with van der Waals surface area (Å²) in [6.45, 7) is 7.40. The third kappa shape index (κ3) is 3.51. The lowest BCUT2D eigenvalue weighted by Crippen LogP contribution is -2.50. The Balaban J connectivity index is 1.68. The summed E-state index contributed by atoms with van der Waals surface area (Å²) in [5.41, 5.74) is 1.87. The smallest absolute Gasteiger partial charge is 0.234 e. The molecule has 0 saturated carbocycles. The van der Waals surface area contributed by atoms with Crippen molar-refractivity contribution in [2.75, 3.05) is 24.5 Å². The number of hydrogen-bond acceptors (Lipinski definition) is 6. The molecule has 116 valence electrons. The van der Waals surface area contributed by atoms with E-state index in [2.05, 4.69) is 32.1 Å². The maximum atomic E-state index is 5.74. The molecule has 2 aromatic rings. The molecule has 2 aromatic heterocycles. The summed E-state index contributed by atoms with van der Waals surface area (Å²) >= 11 is 0. The number of hydrogen-bond donors (Lipinski definition) is 1. The van der Waals surface area contributed by atoms with Gasteiger partial charge in [-0.25, -0.2) is 0 Å². The quantitative estimate of drug-likeness (QED) is 0.924. The maximum Gasteiger partial charge on any atom is 0.234 e. The number of ether oxygens (including phenoxy) is 1. The average molecular weight is 299 g/mol. The minimum Gasteiger partial charge on any atom is -0.470 e. The molecule has 22 heavy (non-hydrogen) atoms. The number of nitrogens with one attached hydrogen (secondary N) is 1. The highest BCUT2D eigenvalue weighted by atomic mass is 16.5. The predicted molar refractivity (Wildman–Crippen MR) is 85.0 cm³/mol. The van der Waals surface area contributed by atoms with Crippen molar-refractivity contribution in [1.29, 1.82) is 0 Å². The molecule has 1 atom stereocenters. The Morgan fingerprint density at radius 2 is 2.23 bits per heavy atom. The van der Waals surface area contributed by atoms with E-state index >= 15 is 0 Å². The molecule has 0 spiro atoms. The molecule has 3 heterocycles. The molecule has 1 unspecified atom stereocenters. The zero-order valence-corrected chi connectivity index (χ0v) is 13.0. The Morgan fingerprint density at radius 3 is 3.05 bits per heavy atom. The van der Waals surface area contributed by atoms with Crippen LogP contribution in [-0.4, -0.2) is 40.6 Å². The van der Waals surface area contributed by atoms with Gasteiger partial charge in [0.15, 0.2) is 5.82 Å². The van der Waals surface area contributed by atoms with E-state index in [1.807, 2.05) is 25.1 Å². The lowest BCUT2D eigenvalue weighted by molar-refractivity contribution is 0.287. The summed E-state index contributed by atoms with van der Waals surface area (Å²) < 4.78 is 5.74. The Kier molecular flexibility index (Phi) is 4.48.